The van der Waals surface area contributed by atoms with Crippen molar-refractivity contribution in [2.24, 2.45) is 10.9 Å². The summed E-state index contributed by atoms with van der Waals surface area (Å²) >= 11 is 1.73. The molecule has 0 bridgehead atoms. The quantitative estimate of drug-likeness (QED) is 0.588. The van der Waals surface area contributed by atoms with Crippen LogP contribution in [-0.4, -0.2) is 48.1 Å². The molecule has 0 atom stereocenters. The predicted molar refractivity (Wildman–Crippen MR) is 111 cm³/mol. The molecule has 0 unspecified atom stereocenters. The second kappa shape index (κ2) is 10.3. The molecule has 0 amide bonds. The van der Waals surface area contributed by atoms with E-state index in [-0.39, 0.29) is 0 Å². The Morgan fingerprint density at radius 3 is 2.65 bits per heavy atom. The second-order valence-corrected chi connectivity index (χ2v) is 9.10. The van der Waals surface area contributed by atoms with Gasteiger partial charge in [-0.15, -0.1) is 11.3 Å². The molecule has 1 aliphatic carbocycles. The molecule has 3 rings (SSSR count). The molecule has 1 aromatic rings. The summed E-state index contributed by atoms with van der Waals surface area (Å²) in [6, 6.07) is 0.536. The first-order valence-electron chi connectivity index (χ1n) is 10.4. The third-order valence-corrected chi connectivity index (χ3v) is 6.45. The summed E-state index contributed by atoms with van der Waals surface area (Å²) in [5, 5.41) is 8.12. The summed E-state index contributed by atoms with van der Waals surface area (Å²) in [5.74, 6) is 1.89. The summed E-state index contributed by atoms with van der Waals surface area (Å²) < 4.78 is 0. The van der Waals surface area contributed by atoms with Crippen LogP contribution in [0.1, 0.15) is 61.8 Å². The molecule has 146 valence electrons. The number of hydrogen-bond donors (Lipinski definition) is 2. The molecular formula is C20H35N5S. The molecule has 6 heteroatoms. The van der Waals surface area contributed by atoms with Crippen molar-refractivity contribution in [1.82, 2.24) is 20.5 Å². The van der Waals surface area contributed by atoms with Crippen molar-refractivity contribution in [3.8, 4) is 0 Å². The highest BCUT2D eigenvalue weighted by Crippen LogP contribution is 2.25. The number of piperidine rings is 1. The molecular weight excluding hydrogens is 342 g/mol. The van der Waals surface area contributed by atoms with Gasteiger partial charge in [0.15, 0.2) is 5.96 Å². The van der Waals surface area contributed by atoms with Crippen molar-refractivity contribution < 1.29 is 0 Å². The fourth-order valence-corrected chi connectivity index (χ4v) is 4.84. The highest BCUT2D eigenvalue weighted by atomic mass is 32.1. The SMILES string of the molecule is CCNC(=NCc1ncc(C)s1)NC1CCN(CC2CCCCC2)CC1. The summed E-state index contributed by atoms with van der Waals surface area (Å²) in [7, 11) is 0. The fraction of sp³-hybridized carbons (Fsp3) is 0.800. The van der Waals surface area contributed by atoms with Crippen molar-refractivity contribution in [3.63, 3.8) is 0 Å². The van der Waals surface area contributed by atoms with E-state index in [9.17, 15) is 0 Å². The summed E-state index contributed by atoms with van der Waals surface area (Å²) in [5.41, 5.74) is 0. The van der Waals surface area contributed by atoms with E-state index in [1.807, 2.05) is 6.20 Å². The molecule has 1 saturated carbocycles. The van der Waals surface area contributed by atoms with E-state index >= 15 is 0 Å². The maximum absolute atomic E-state index is 4.73. The first-order chi connectivity index (χ1) is 12.7. The Bertz CT molecular complexity index is 556. The van der Waals surface area contributed by atoms with E-state index in [0.29, 0.717) is 12.6 Å². The van der Waals surface area contributed by atoms with E-state index in [0.717, 1.165) is 23.4 Å². The number of thiazole rings is 1. The van der Waals surface area contributed by atoms with Crippen LogP contribution in [0, 0.1) is 12.8 Å². The molecule has 1 saturated heterocycles. The van der Waals surface area contributed by atoms with Gasteiger partial charge in [-0.2, -0.15) is 0 Å². The monoisotopic (exact) mass is 377 g/mol. The van der Waals surface area contributed by atoms with Gasteiger partial charge in [0.25, 0.3) is 0 Å². The summed E-state index contributed by atoms with van der Waals surface area (Å²) in [4.78, 5) is 13.1. The number of aromatic nitrogens is 1. The minimum atomic E-state index is 0.536. The Hall–Kier alpha value is -1.14. The number of rotatable bonds is 6. The van der Waals surface area contributed by atoms with E-state index < -0.39 is 0 Å². The van der Waals surface area contributed by atoms with Gasteiger partial charge in [-0.25, -0.2) is 9.98 Å². The first-order valence-corrected chi connectivity index (χ1v) is 11.2. The number of likely N-dealkylation sites (tertiary alicyclic amines) is 1. The van der Waals surface area contributed by atoms with Crippen LogP contribution >= 0.6 is 11.3 Å². The number of nitrogens with one attached hydrogen (secondary N) is 2. The van der Waals surface area contributed by atoms with Crippen LogP contribution in [0.15, 0.2) is 11.2 Å². The summed E-state index contributed by atoms with van der Waals surface area (Å²) in [6.07, 6.45) is 11.6. The summed E-state index contributed by atoms with van der Waals surface area (Å²) in [6.45, 7) is 9.54. The Balaban J connectivity index is 1.43. The number of aryl methyl sites for hydroxylation is 1. The predicted octanol–water partition coefficient (Wildman–Crippen LogP) is 3.55. The van der Waals surface area contributed by atoms with Gasteiger partial charge in [0.05, 0.1) is 6.54 Å². The van der Waals surface area contributed by atoms with Gasteiger partial charge in [-0.3, -0.25) is 0 Å². The number of nitrogens with zero attached hydrogens (tertiary/aromatic N) is 3. The number of hydrogen-bond acceptors (Lipinski definition) is 4. The largest absolute Gasteiger partial charge is 0.357 e. The Morgan fingerprint density at radius 1 is 1.23 bits per heavy atom. The second-order valence-electron chi connectivity index (χ2n) is 7.78. The van der Waals surface area contributed by atoms with Gasteiger partial charge in [0.1, 0.15) is 5.01 Å². The Kier molecular flexibility index (Phi) is 7.74. The van der Waals surface area contributed by atoms with Crippen molar-refractivity contribution in [3.05, 3.63) is 16.1 Å². The minimum absolute atomic E-state index is 0.536. The van der Waals surface area contributed by atoms with Crippen LogP contribution in [0.5, 0.6) is 0 Å². The van der Waals surface area contributed by atoms with E-state index in [1.54, 1.807) is 11.3 Å². The molecule has 0 radical (unpaired) electrons. The molecule has 2 N–H and O–H groups in total. The number of guanidine groups is 1. The fourth-order valence-electron chi connectivity index (χ4n) is 4.13. The molecule has 2 fully saturated rings. The van der Waals surface area contributed by atoms with Crippen LogP contribution in [0.2, 0.25) is 0 Å². The van der Waals surface area contributed by atoms with Crippen LogP contribution in [0.3, 0.4) is 0 Å². The maximum Gasteiger partial charge on any atom is 0.191 e. The smallest absolute Gasteiger partial charge is 0.191 e. The average Bonchev–Trinajstić information content (AvgIpc) is 3.08. The van der Waals surface area contributed by atoms with Gasteiger partial charge < -0.3 is 15.5 Å². The van der Waals surface area contributed by atoms with Gasteiger partial charge in [0, 0.05) is 43.3 Å². The molecule has 1 aromatic heterocycles. The molecule has 0 aromatic carbocycles. The average molecular weight is 378 g/mol. The first kappa shape index (κ1) is 19.6. The lowest BCUT2D eigenvalue weighted by Gasteiger charge is -2.36. The van der Waals surface area contributed by atoms with Gasteiger partial charge >= 0.3 is 0 Å². The topological polar surface area (TPSA) is 52.6 Å². The van der Waals surface area contributed by atoms with E-state index in [1.165, 1.54) is 69.5 Å². The van der Waals surface area contributed by atoms with Crippen LogP contribution < -0.4 is 10.6 Å². The molecule has 1 aliphatic heterocycles. The maximum atomic E-state index is 4.73. The lowest BCUT2D eigenvalue weighted by molar-refractivity contribution is 0.160. The number of aliphatic imine (C=N–C) groups is 1. The van der Waals surface area contributed by atoms with Gasteiger partial charge in [-0.05, 0) is 45.4 Å². The Labute approximate surface area is 162 Å². The van der Waals surface area contributed by atoms with Crippen molar-refractivity contribution in [2.45, 2.75) is 71.4 Å². The third kappa shape index (κ3) is 6.23. The molecule has 26 heavy (non-hydrogen) atoms. The van der Waals surface area contributed by atoms with Crippen LogP contribution in [0.4, 0.5) is 0 Å². The molecule has 2 heterocycles. The third-order valence-electron chi connectivity index (χ3n) is 5.56. The standard InChI is InChI=1S/C20H35N5S/c1-3-21-20(23-14-19-22-13-16(2)26-19)24-18-9-11-25(12-10-18)15-17-7-5-4-6-8-17/h13,17-18H,3-12,14-15H2,1-2H3,(H2,21,23,24). The Morgan fingerprint density at radius 2 is 2.00 bits per heavy atom. The van der Waals surface area contributed by atoms with Crippen molar-refractivity contribution in [2.75, 3.05) is 26.2 Å². The van der Waals surface area contributed by atoms with Gasteiger partial charge in [-0.1, -0.05) is 19.3 Å². The normalized spacial score (nSPS) is 21.1. The zero-order valence-electron chi connectivity index (χ0n) is 16.5. The van der Waals surface area contributed by atoms with E-state index in [4.69, 9.17) is 4.99 Å². The molecule has 0 spiro atoms. The van der Waals surface area contributed by atoms with Gasteiger partial charge in [0.2, 0.25) is 0 Å². The van der Waals surface area contributed by atoms with E-state index in [2.05, 4.69) is 34.4 Å². The zero-order chi connectivity index (χ0) is 18.2. The van der Waals surface area contributed by atoms with Crippen molar-refractivity contribution in [1.29, 1.82) is 0 Å². The lowest BCUT2D eigenvalue weighted by atomic mass is 9.88. The highest BCUT2D eigenvalue weighted by Gasteiger charge is 2.23. The van der Waals surface area contributed by atoms with Crippen LogP contribution in [0.25, 0.3) is 0 Å². The lowest BCUT2D eigenvalue weighted by Crippen LogP contribution is -2.49. The van der Waals surface area contributed by atoms with Crippen LogP contribution in [-0.2, 0) is 6.54 Å². The van der Waals surface area contributed by atoms with Crippen molar-refractivity contribution >= 4 is 17.3 Å². The zero-order valence-corrected chi connectivity index (χ0v) is 17.3. The minimum Gasteiger partial charge on any atom is -0.357 e. The highest BCUT2D eigenvalue weighted by molar-refractivity contribution is 7.11. The molecule has 2 aliphatic rings. The molecule has 5 nitrogen and oxygen atoms in total.